The van der Waals surface area contributed by atoms with Crippen LogP contribution in [0.3, 0.4) is 0 Å². The predicted molar refractivity (Wildman–Crippen MR) is 83.8 cm³/mol. The van der Waals surface area contributed by atoms with Gasteiger partial charge in [0.2, 0.25) is 0 Å². The van der Waals surface area contributed by atoms with Gasteiger partial charge in [0.25, 0.3) is 5.69 Å². The number of aromatic carboxylic acids is 1. The number of para-hydroxylation sites is 1. The molecule has 0 radical (unpaired) electrons. The van der Waals surface area contributed by atoms with Crippen LogP contribution < -0.4 is 5.32 Å². The summed E-state index contributed by atoms with van der Waals surface area (Å²) in [5.74, 6) is -1.26. The molecular weight excluding hydrogens is 331 g/mol. The minimum atomic E-state index is -1.26. The fourth-order valence-corrected chi connectivity index (χ4v) is 2.30. The van der Waals surface area contributed by atoms with Crippen molar-refractivity contribution in [2.24, 2.45) is 0 Å². The number of nitro benzene ring substituents is 1. The van der Waals surface area contributed by atoms with E-state index in [1.54, 1.807) is 18.2 Å². The first kappa shape index (κ1) is 16.1. The van der Waals surface area contributed by atoms with Crippen LogP contribution in [0, 0.1) is 10.1 Å². The Labute approximate surface area is 135 Å². The number of nitrogens with one attached hydrogen (secondary N) is 1. The summed E-state index contributed by atoms with van der Waals surface area (Å²) in [4.78, 5) is 21.6. The number of carbonyl (C=O) groups is 1. The van der Waals surface area contributed by atoms with Gasteiger partial charge in [-0.05, 0) is 29.8 Å². The Bertz CT molecular complexity index is 717. The van der Waals surface area contributed by atoms with E-state index in [0.29, 0.717) is 15.6 Å². The Hall–Kier alpha value is -2.31. The summed E-state index contributed by atoms with van der Waals surface area (Å²) in [7, 11) is 0. The zero-order valence-electron chi connectivity index (χ0n) is 11.0. The molecule has 0 unspecified atom stereocenters. The quantitative estimate of drug-likeness (QED) is 0.628. The average Bonchev–Trinajstić information content (AvgIpc) is 2.47. The summed E-state index contributed by atoms with van der Waals surface area (Å²) in [6, 6.07) is 8.65. The van der Waals surface area contributed by atoms with E-state index in [9.17, 15) is 14.9 Å². The van der Waals surface area contributed by atoms with Crippen molar-refractivity contribution in [3.63, 3.8) is 0 Å². The lowest BCUT2D eigenvalue weighted by molar-refractivity contribution is -0.384. The van der Waals surface area contributed by atoms with Crippen LogP contribution in [0.2, 0.25) is 10.0 Å². The third-order valence-electron chi connectivity index (χ3n) is 2.93. The lowest BCUT2D eigenvalue weighted by atomic mass is 10.1. The Balaban J connectivity index is 2.38. The second-order valence-corrected chi connectivity index (χ2v) is 5.19. The van der Waals surface area contributed by atoms with Gasteiger partial charge >= 0.3 is 5.97 Å². The molecule has 0 aliphatic rings. The fraction of sp³-hybridized carbons (Fsp3) is 0.0714. The number of halogens is 2. The topological polar surface area (TPSA) is 92.5 Å². The van der Waals surface area contributed by atoms with Crippen molar-refractivity contribution in [1.82, 2.24) is 0 Å². The highest BCUT2D eigenvalue weighted by molar-refractivity contribution is 6.33. The zero-order valence-corrected chi connectivity index (χ0v) is 12.6. The second kappa shape index (κ2) is 6.64. The molecule has 2 aromatic carbocycles. The Kier molecular flexibility index (Phi) is 4.85. The largest absolute Gasteiger partial charge is 0.478 e. The number of hydrogen-bond donors (Lipinski definition) is 2. The van der Waals surface area contributed by atoms with Crippen molar-refractivity contribution in [2.75, 3.05) is 5.32 Å². The van der Waals surface area contributed by atoms with E-state index in [2.05, 4.69) is 5.32 Å². The molecule has 0 saturated heterocycles. The third-order valence-corrected chi connectivity index (χ3v) is 3.54. The lowest BCUT2D eigenvalue weighted by Crippen LogP contribution is -2.09. The predicted octanol–water partition coefficient (Wildman–Crippen LogP) is 4.21. The van der Waals surface area contributed by atoms with Gasteiger partial charge in [-0.15, -0.1) is 0 Å². The van der Waals surface area contributed by atoms with Gasteiger partial charge in [-0.3, -0.25) is 10.1 Å². The maximum Gasteiger partial charge on any atom is 0.338 e. The Morgan fingerprint density at radius 2 is 2.00 bits per heavy atom. The van der Waals surface area contributed by atoms with Crippen molar-refractivity contribution < 1.29 is 14.8 Å². The molecule has 2 aromatic rings. The van der Waals surface area contributed by atoms with E-state index in [-0.39, 0.29) is 23.5 Å². The van der Waals surface area contributed by atoms with E-state index >= 15 is 0 Å². The molecule has 0 aromatic heterocycles. The number of nitrogens with zero attached hydrogens (tertiary/aromatic N) is 1. The molecule has 22 heavy (non-hydrogen) atoms. The summed E-state index contributed by atoms with van der Waals surface area (Å²) in [5, 5.41) is 23.9. The van der Waals surface area contributed by atoms with Gasteiger partial charge in [-0.25, -0.2) is 4.79 Å². The highest BCUT2D eigenvalue weighted by atomic mass is 35.5. The maximum atomic E-state index is 11.2. The van der Waals surface area contributed by atoms with E-state index in [1.807, 2.05) is 0 Å². The normalized spacial score (nSPS) is 10.3. The average molecular weight is 341 g/mol. The zero-order chi connectivity index (χ0) is 16.3. The highest BCUT2D eigenvalue weighted by Gasteiger charge is 2.21. The van der Waals surface area contributed by atoms with Crippen LogP contribution in [-0.4, -0.2) is 16.0 Å². The molecule has 6 nitrogen and oxygen atoms in total. The molecule has 0 spiro atoms. The summed E-state index contributed by atoms with van der Waals surface area (Å²) in [6.07, 6.45) is 0. The minimum Gasteiger partial charge on any atom is -0.478 e. The summed E-state index contributed by atoms with van der Waals surface area (Å²) >= 11 is 11.9. The molecular formula is C14H10Cl2N2O4. The third kappa shape index (κ3) is 3.47. The number of anilines is 1. The molecule has 114 valence electrons. The smallest absolute Gasteiger partial charge is 0.338 e. The number of nitro groups is 1. The first-order valence-corrected chi connectivity index (χ1v) is 6.84. The van der Waals surface area contributed by atoms with Crippen LogP contribution in [0.15, 0.2) is 36.4 Å². The molecule has 0 bridgehead atoms. The van der Waals surface area contributed by atoms with Gasteiger partial charge in [0, 0.05) is 22.7 Å². The number of carboxylic acid groups (broad SMARTS) is 1. The standard InChI is InChI=1S/C14H10Cl2N2O4/c15-9-4-5-11(16)8(6-9)7-17-13-10(14(19)20)2-1-3-12(13)18(21)22/h1-6,17H,7H2,(H,19,20). The molecule has 2 rings (SSSR count). The minimum absolute atomic E-state index is 0.0731. The molecule has 0 fully saturated rings. The number of carboxylic acids is 1. The van der Waals surface area contributed by atoms with E-state index in [0.717, 1.165) is 0 Å². The molecule has 2 N–H and O–H groups in total. The Morgan fingerprint density at radius 3 is 2.64 bits per heavy atom. The Morgan fingerprint density at radius 1 is 1.27 bits per heavy atom. The molecule has 0 aliphatic heterocycles. The molecule has 0 atom stereocenters. The van der Waals surface area contributed by atoms with Crippen LogP contribution >= 0.6 is 23.2 Å². The molecule has 0 amide bonds. The lowest BCUT2D eigenvalue weighted by Gasteiger charge is -2.11. The van der Waals surface area contributed by atoms with Gasteiger partial charge < -0.3 is 10.4 Å². The molecule has 8 heteroatoms. The number of benzene rings is 2. The van der Waals surface area contributed by atoms with Crippen molar-refractivity contribution in [1.29, 1.82) is 0 Å². The van der Waals surface area contributed by atoms with Gasteiger partial charge in [-0.1, -0.05) is 29.3 Å². The van der Waals surface area contributed by atoms with Crippen LogP contribution in [0.5, 0.6) is 0 Å². The van der Waals surface area contributed by atoms with Crippen LogP contribution in [0.25, 0.3) is 0 Å². The van der Waals surface area contributed by atoms with E-state index < -0.39 is 10.9 Å². The van der Waals surface area contributed by atoms with Crippen molar-refractivity contribution in [2.45, 2.75) is 6.54 Å². The first-order chi connectivity index (χ1) is 10.4. The molecule has 0 heterocycles. The van der Waals surface area contributed by atoms with Crippen molar-refractivity contribution in [3.05, 3.63) is 67.7 Å². The van der Waals surface area contributed by atoms with Crippen LogP contribution in [0.1, 0.15) is 15.9 Å². The summed E-state index contributed by atoms with van der Waals surface area (Å²) in [6.45, 7) is 0.102. The first-order valence-electron chi connectivity index (χ1n) is 6.08. The summed E-state index contributed by atoms with van der Waals surface area (Å²) in [5.41, 5.74) is 0.0186. The van der Waals surface area contributed by atoms with Crippen LogP contribution in [0.4, 0.5) is 11.4 Å². The molecule has 0 aliphatic carbocycles. The van der Waals surface area contributed by atoms with Crippen LogP contribution in [-0.2, 0) is 6.54 Å². The van der Waals surface area contributed by atoms with E-state index in [1.165, 1.54) is 18.2 Å². The van der Waals surface area contributed by atoms with Gasteiger partial charge in [-0.2, -0.15) is 0 Å². The SMILES string of the molecule is O=C(O)c1cccc([N+](=O)[O-])c1NCc1cc(Cl)ccc1Cl. The summed E-state index contributed by atoms with van der Waals surface area (Å²) < 4.78 is 0. The van der Waals surface area contributed by atoms with Gasteiger partial charge in [0.1, 0.15) is 5.69 Å². The second-order valence-electron chi connectivity index (χ2n) is 4.35. The fourth-order valence-electron chi connectivity index (χ4n) is 1.92. The number of rotatable bonds is 5. The highest BCUT2D eigenvalue weighted by Crippen LogP contribution is 2.30. The molecule has 0 saturated carbocycles. The van der Waals surface area contributed by atoms with Crippen molar-refractivity contribution in [3.8, 4) is 0 Å². The van der Waals surface area contributed by atoms with E-state index in [4.69, 9.17) is 28.3 Å². The van der Waals surface area contributed by atoms with Crippen molar-refractivity contribution >= 4 is 40.5 Å². The van der Waals surface area contributed by atoms with Gasteiger partial charge in [0.05, 0.1) is 10.5 Å². The maximum absolute atomic E-state index is 11.2. The number of hydrogen-bond acceptors (Lipinski definition) is 4. The van der Waals surface area contributed by atoms with Gasteiger partial charge in [0.15, 0.2) is 0 Å². The monoisotopic (exact) mass is 340 g/mol.